The van der Waals surface area contributed by atoms with Gasteiger partial charge in [0.05, 0.1) is 12.6 Å². The Kier molecular flexibility index (Phi) is 3.52. The lowest BCUT2D eigenvalue weighted by atomic mass is 10.2. The smallest absolute Gasteiger partial charge is 0.237 e. The fourth-order valence-electron chi connectivity index (χ4n) is 1.70. The Morgan fingerprint density at radius 2 is 2.29 bits per heavy atom. The first kappa shape index (κ1) is 12.2. The van der Waals surface area contributed by atoms with Crippen molar-refractivity contribution in [3.05, 3.63) is 23.7 Å². The number of rotatable bonds is 5. The summed E-state index contributed by atoms with van der Waals surface area (Å²) >= 11 is 0. The van der Waals surface area contributed by atoms with E-state index in [0.717, 1.165) is 24.4 Å². The van der Waals surface area contributed by atoms with Crippen LogP contribution in [0.2, 0.25) is 0 Å². The molecule has 1 fully saturated rings. The molecule has 94 valence electrons. The zero-order valence-corrected chi connectivity index (χ0v) is 10.7. The Morgan fingerprint density at radius 3 is 2.82 bits per heavy atom. The second-order valence-electron chi connectivity index (χ2n) is 4.89. The molecule has 0 radical (unpaired) electrons. The molecule has 1 amide bonds. The van der Waals surface area contributed by atoms with E-state index in [1.54, 1.807) is 0 Å². The molecule has 1 aliphatic carbocycles. The molecule has 1 aromatic heterocycles. The van der Waals surface area contributed by atoms with Gasteiger partial charge in [-0.15, -0.1) is 0 Å². The van der Waals surface area contributed by atoms with Crippen LogP contribution in [0.3, 0.4) is 0 Å². The van der Waals surface area contributed by atoms with Gasteiger partial charge in [-0.3, -0.25) is 9.69 Å². The summed E-state index contributed by atoms with van der Waals surface area (Å²) in [7, 11) is 1.94. The molecule has 0 bridgehead atoms. The maximum atomic E-state index is 11.8. The molecule has 0 aliphatic heterocycles. The molecule has 0 aromatic carbocycles. The van der Waals surface area contributed by atoms with Gasteiger partial charge in [0, 0.05) is 6.04 Å². The van der Waals surface area contributed by atoms with Crippen LogP contribution in [0.25, 0.3) is 0 Å². The normalized spacial score (nSPS) is 17.2. The SMILES string of the molecule is Cc1ccc(CN(C)[C@@H](C)C(=O)NC2CC2)o1. The third-order valence-electron chi connectivity index (χ3n) is 3.17. The molecule has 1 heterocycles. The lowest BCUT2D eigenvalue weighted by Crippen LogP contribution is -2.43. The summed E-state index contributed by atoms with van der Waals surface area (Å²) in [5.41, 5.74) is 0. The van der Waals surface area contributed by atoms with E-state index in [-0.39, 0.29) is 11.9 Å². The monoisotopic (exact) mass is 236 g/mol. The Bertz CT molecular complexity index is 396. The summed E-state index contributed by atoms with van der Waals surface area (Å²) in [4.78, 5) is 13.8. The summed E-state index contributed by atoms with van der Waals surface area (Å²) < 4.78 is 5.50. The van der Waals surface area contributed by atoms with Crippen LogP contribution in [0.15, 0.2) is 16.5 Å². The summed E-state index contributed by atoms with van der Waals surface area (Å²) in [5, 5.41) is 3.01. The summed E-state index contributed by atoms with van der Waals surface area (Å²) in [5.74, 6) is 1.91. The van der Waals surface area contributed by atoms with Crippen molar-refractivity contribution in [2.75, 3.05) is 7.05 Å². The van der Waals surface area contributed by atoms with Crippen LogP contribution in [0.1, 0.15) is 31.3 Å². The van der Waals surface area contributed by atoms with E-state index in [0.29, 0.717) is 12.6 Å². The highest BCUT2D eigenvalue weighted by Crippen LogP contribution is 2.19. The van der Waals surface area contributed by atoms with Gasteiger partial charge in [-0.25, -0.2) is 0 Å². The number of hydrogen-bond donors (Lipinski definition) is 1. The molecule has 0 unspecified atom stereocenters. The van der Waals surface area contributed by atoms with Crippen molar-refractivity contribution in [3.63, 3.8) is 0 Å². The highest BCUT2D eigenvalue weighted by Gasteiger charge is 2.27. The lowest BCUT2D eigenvalue weighted by molar-refractivity contribution is -0.125. The average Bonchev–Trinajstić information content (AvgIpc) is 3.00. The van der Waals surface area contributed by atoms with Crippen molar-refractivity contribution in [1.82, 2.24) is 10.2 Å². The molecule has 1 N–H and O–H groups in total. The van der Waals surface area contributed by atoms with Gasteiger partial charge in [-0.2, -0.15) is 0 Å². The molecule has 1 atom stereocenters. The largest absolute Gasteiger partial charge is 0.465 e. The molecule has 17 heavy (non-hydrogen) atoms. The minimum Gasteiger partial charge on any atom is -0.465 e. The average molecular weight is 236 g/mol. The maximum absolute atomic E-state index is 11.8. The molecule has 0 saturated heterocycles. The number of carbonyl (C=O) groups excluding carboxylic acids is 1. The molecule has 0 spiro atoms. The van der Waals surface area contributed by atoms with Gasteiger partial charge in [-0.1, -0.05) is 0 Å². The molecule has 1 aromatic rings. The fourth-order valence-corrected chi connectivity index (χ4v) is 1.70. The van der Waals surface area contributed by atoms with E-state index in [1.165, 1.54) is 0 Å². The Balaban J connectivity index is 1.85. The number of likely N-dealkylation sites (N-methyl/N-ethyl adjacent to an activating group) is 1. The summed E-state index contributed by atoms with van der Waals surface area (Å²) in [6, 6.07) is 4.19. The van der Waals surface area contributed by atoms with Gasteiger partial charge >= 0.3 is 0 Å². The first-order chi connectivity index (χ1) is 8.06. The number of carbonyl (C=O) groups is 1. The van der Waals surface area contributed by atoms with E-state index in [4.69, 9.17) is 4.42 Å². The van der Waals surface area contributed by atoms with Crippen molar-refractivity contribution in [1.29, 1.82) is 0 Å². The predicted octanol–water partition coefficient (Wildman–Crippen LogP) is 1.69. The number of furan rings is 1. The molecule has 4 heteroatoms. The van der Waals surface area contributed by atoms with Crippen LogP contribution in [0.5, 0.6) is 0 Å². The predicted molar refractivity (Wildman–Crippen MR) is 65.5 cm³/mol. The first-order valence-electron chi connectivity index (χ1n) is 6.12. The number of nitrogens with zero attached hydrogens (tertiary/aromatic N) is 1. The minimum absolute atomic E-state index is 0.110. The van der Waals surface area contributed by atoms with E-state index in [2.05, 4.69) is 5.32 Å². The number of aryl methyl sites for hydroxylation is 1. The molecular formula is C13H20N2O2. The Hall–Kier alpha value is -1.29. The van der Waals surface area contributed by atoms with Gasteiger partial charge in [-0.05, 0) is 45.9 Å². The minimum atomic E-state index is -0.124. The van der Waals surface area contributed by atoms with Gasteiger partial charge in [0.15, 0.2) is 0 Å². The zero-order chi connectivity index (χ0) is 12.4. The zero-order valence-electron chi connectivity index (χ0n) is 10.7. The van der Waals surface area contributed by atoms with Gasteiger partial charge in [0.1, 0.15) is 11.5 Å². The van der Waals surface area contributed by atoms with Crippen LogP contribution in [-0.2, 0) is 11.3 Å². The maximum Gasteiger partial charge on any atom is 0.237 e. The van der Waals surface area contributed by atoms with Crippen LogP contribution >= 0.6 is 0 Å². The standard InChI is InChI=1S/C13H20N2O2/c1-9-4-7-12(17-9)8-15(3)10(2)13(16)14-11-5-6-11/h4,7,10-11H,5-6,8H2,1-3H3,(H,14,16)/t10-/m0/s1. The Morgan fingerprint density at radius 1 is 1.59 bits per heavy atom. The van der Waals surface area contributed by atoms with Crippen LogP contribution < -0.4 is 5.32 Å². The van der Waals surface area contributed by atoms with E-state index >= 15 is 0 Å². The Labute approximate surface area is 102 Å². The van der Waals surface area contributed by atoms with Crippen molar-refractivity contribution >= 4 is 5.91 Å². The van der Waals surface area contributed by atoms with Gasteiger partial charge in [0.2, 0.25) is 5.91 Å². The second-order valence-corrected chi connectivity index (χ2v) is 4.89. The molecule has 1 saturated carbocycles. The number of nitrogens with one attached hydrogen (secondary N) is 1. The molecule has 1 aliphatic rings. The summed E-state index contributed by atoms with van der Waals surface area (Å²) in [6.45, 7) is 4.51. The quantitative estimate of drug-likeness (QED) is 0.846. The van der Waals surface area contributed by atoms with Crippen molar-refractivity contribution in [2.45, 2.75) is 45.3 Å². The lowest BCUT2D eigenvalue weighted by Gasteiger charge is -2.22. The van der Waals surface area contributed by atoms with Gasteiger partial charge in [0.25, 0.3) is 0 Å². The van der Waals surface area contributed by atoms with Crippen molar-refractivity contribution in [3.8, 4) is 0 Å². The van der Waals surface area contributed by atoms with Crippen LogP contribution in [0, 0.1) is 6.92 Å². The van der Waals surface area contributed by atoms with E-state index in [1.807, 2.05) is 37.9 Å². The molecular weight excluding hydrogens is 216 g/mol. The number of amides is 1. The highest BCUT2D eigenvalue weighted by molar-refractivity contribution is 5.81. The van der Waals surface area contributed by atoms with Gasteiger partial charge < -0.3 is 9.73 Å². The van der Waals surface area contributed by atoms with Crippen LogP contribution in [0.4, 0.5) is 0 Å². The third-order valence-corrected chi connectivity index (χ3v) is 3.17. The number of hydrogen-bond acceptors (Lipinski definition) is 3. The highest BCUT2D eigenvalue weighted by atomic mass is 16.3. The third kappa shape index (κ3) is 3.33. The summed E-state index contributed by atoms with van der Waals surface area (Å²) in [6.07, 6.45) is 2.25. The van der Waals surface area contributed by atoms with Crippen molar-refractivity contribution < 1.29 is 9.21 Å². The fraction of sp³-hybridized carbons (Fsp3) is 0.615. The van der Waals surface area contributed by atoms with E-state index < -0.39 is 0 Å². The topological polar surface area (TPSA) is 45.5 Å². The molecule has 4 nitrogen and oxygen atoms in total. The van der Waals surface area contributed by atoms with Crippen LogP contribution in [-0.4, -0.2) is 29.9 Å². The first-order valence-corrected chi connectivity index (χ1v) is 6.12. The van der Waals surface area contributed by atoms with Crippen molar-refractivity contribution in [2.24, 2.45) is 0 Å². The van der Waals surface area contributed by atoms with E-state index in [9.17, 15) is 4.79 Å². The second kappa shape index (κ2) is 4.92. The molecule has 2 rings (SSSR count).